The molecule has 35 heavy (non-hydrogen) atoms. The van der Waals surface area contributed by atoms with Gasteiger partial charge in [-0.05, 0) is 67.8 Å². The van der Waals surface area contributed by atoms with Crippen LogP contribution in [0.15, 0.2) is 41.5 Å². The van der Waals surface area contributed by atoms with Gasteiger partial charge in [0.1, 0.15) is 0 Å². The molecule has 1 heterocycles. The maximum absolute atomic E-state index is 13.6. The molecule has 0 bridgehead atoms. The van der Waals surface area contributed by atoms with Crippen molar-refractivity contribution in [2.45, 2.75) is 66.5 Å². The second-order valence-corrected chi connectivity index (χ2v) is 11.0. The molecule has 0 radical (unpaired) electrons. The molecule has 0 saturated heterocycles. The maximum atomic E-state index is 13.6. The Morgan fingerprint density at radius 2 is 1.89 bits per heavy atom. The highest BCUT2D eigenvalue weighted by atomic mass is 35.5. The van der Waals surface area contributed by atoms with Crippen LogP contribution in [-0.2, 0) is 6.54 Å². The highest BCUT2D eigenvalue weighted by Crippen LogP contribution is 2.27. The Kier molecular flexibility index (Phi) is 9.81. The number of nitrogens with one attached hydrogen (secondary N) is 1. The zero-order valence-corrected chi connectivity index (χ0v) is 22.7. The molecule has 0 aliphatic heterocycles. The minimum atomic E-state index is 0.0922. The van der Waals surface area contributed by atoms with Crippen LogP contribution in [0.25, 0.3) is 11.0 Å². The number of nitrogens with zero attached hydrogens (tertiary/aromatic N) is 3. The van der Waals surface area contributed by atoms with Gasteiger partial charge < -0.3 is 20.5 Å². The van der Waals surface area contributed by atoms with Gasteiger partial charge in [-0.25, -0.2) is 4.98 Å². The number of fused-ring (bicyclic) bond motifs is 1. The number of allylic oxidation sites excluding steroid dienone is 2. The molecule has 1 aliphatic rings. The van der Waals surface area contributed by atoms with Crippen LogP contribution < -0.4 is 11.1 Å². The Bertz CT molecular complexity index is 1040. The van der Waals surface area contributed by atoms with Gasteiger partial charge in [-0.3, -0.25) is 4.79 Å². The summed E-state index contributed by atoms with van der Waals surface area (Å²) in [7, 11) is 0. The first kappa shape index (κ1) is 27.3. The zero-order valence-electron chi connectivity index (χ0n) is 21.9. The highest BCUT2D eigenvalue weighted by molar-refractivity contribution is 6.31. The van der Waals surface area contributed by atoms with Crippen LogP contribution >= 0.6 is 11.6 Å². The number of carbonyl (C=O) groups excluding carboxylic acids is 1. The van der Waals surface area contributed by atoms with Crippen LogP contribution in [0.1, 0.15) is 64.2 Å². The molecule has 0 saturated carbocycles. The van der Waals surface area contributed by atoms with Crippen LogP contribution in [-0.4, -0.2) is 46.0 Å². The van der Waals surface area contributed by atoms with Crippen LogP contribution in [0.5, 0.6) is 0 Å². The number of hydrogen-bond donors (Lipinski definition) is 2. The third-order valence-electron chi connectivity index (χ3n) is 6.57. The molecule has 0 spiro atoms. The first-order valence-electron chi connectivity index (χ1n) is 13.0. The van der Waals surface area contributed by atoms with E-state index in [9.17, 15) is 4.79 Å². The Hall–Kier alpha value is -2.31. The van der Waals surface area contributed by atoms with E-state index >= 15 is 0 Å². The minimum Gasteiger partial charge on any atom is -0.349 e. The van der Waals surface area contributed by atoms with E-state index < -0.39 is 0 Å². The lowest BCUT2D eigenvalue weighted by Crippen LogP contribution is -2.34. The van der Waals surface area contributed by atoms with E-state index in [0.717, 1.165) is 60.9 Å². The number of hydrogen-bond acceptors (Lipinski definition) is 4. The summed E-state index contributed by atoms with van der Waals surface area (Å²) < 4.78 is 2.16. The number of rotatable bonds is 12. The van der Waals surface area contributed by atoms with E-state index in [1.165, 1.54) is 0 Å². The van der Waals surface area contributed by atoms with E-state index in [2.05, 4.69) is 50.6 Å². The quantitative estimate of drug-likeness (QED) is 0.374. The lowest BCUT2D eigenvalue weighted by atomic mass is 9.97. The van der Waals surface area contributed by atoms with Gasteiger partial charge in [0, 0.05) is 30.2 Å². The molecule has 7 heteroatoms. The van der Waals surface area contributed by atoms with Gasteiger partial charge in [-0.2, -0.15) is 0 Å². The fraction of sp³-hybridized carbons (Fsp3) is 0.571. The Morgan fingerprint density at radius 1 is 1.20 bits per heavy atom. The molecular formula is C28H42ClN5O. The molecule has 2 unspecified atom stereocenters. The number of aryl methyl sites for hydroxylation is 1. The summed E-state index contributed by atoms with van der Waals surface area (Å²) in [4.78, 5) is 20.5. The summed E-state index contributed by atoms with van der Waals surface area (Å²) in [5, 5.41) is 4.34. The molecule has 2 atom stereocenters. The first-order chi connectivity index (χ1) is 16.7. The van der Waals surface area contributed by atoms with Crippen molar-refractivity contribution in [3.8, 4) is 0 Å². The summed E-state index contributed by atoms with van der Waals surface area (Å²) in [5.74, 6) is 2.24. The SMILES string of the molecule is CC(C)CCN(CCC(C)C)C(=O)c1ccc2nc(NC3C=CC(Cl)=CC3C)n(CCCN)c2c1. The van der Waals surface area contributed by atoms with E-state index in [1.807, 2.05) is 35.3 Å². The Morgan fingerprint density at radius 3 is 2.49 bits per heavy atom. The summed E-state index contributed by atoms with van der Waals surface area (Å²) in [6.45, 7) is 13.8. The zero-order chi connectivity index (χ0) is 25.5. The molecule has 1 aliphatic carbocycles. The van der Waals surface area contributed by atoms with Crippen molar-refractivity contribution >= 4 is 34.5 Å². The van der Waals surface area contributed by atoms with Crippen LogP contribution in [0.3, 0.4) is 0 Å². The number of amides is 1. The number of benzene rings is 1. The van der Waals surface area contributed by atoms with Crippen molar-refractivity contribution in [1.82, 2.24) is 14.5 Å². The fourth-order valence-electron chi connectivity index (χ4n) is 4.28. The third-order valence-corrected chi connectivity index (χ3v) is 6.82. The molecule has 6 nitrogen and oxygen atoms in total. The minimum absolute atomic E-state index is 0.0922. The second kappa shape index (κ2) is 12.6. The van der Waals surface area contributed by atoms with E-state index in [-0.39, 0.29) is 17.9 Å². The summed E-state index contributed by atoms with van der Waals surface area (Å²) in [6, 6.07) is 5.97. The van der Waals surface area contributed by atoms with Gasteiger partial charge in [0.2, 0.25) is 5.95 Å². The van der Waals surface area contributed by atoms with Gasteiger partial charge in [-0.15, -0.1) is 0 Å². The largest absolute Gasteiger partial charge is 0.349 e. The standard InChI is InChI=1S/C28H42ClN5O/c1-19(2)11-15-33(16-12-20(3)4)27(35)22-7-9-25-26(18-22)34(14-6-13-30)28(32-25)31-24-10-8-23(29)17-21(24)5/h7-10,17-21,24H,6,11-16,30H2,1-5H3,(H,31,32). The van der Waals surface area contributed by atoms with Crippen molar-refractivity contribution in [2.75, 3.05) is 25.0 Å². The number of carbonyl (C=O) groups is 1. The Labute approximate surface area is 215 Å². The van der Waals surface area contributed by atoms with Crippen molar-refractivity contribution in [3.63, 3.8) is 0 Å². The van der Waals surface area contributed by atoms with Crippen molar-refractivity contribution in [2.24, 2.45) is 23.5 Å². The van der Waals surface area contributed by atoms with Gasteiger partial charge >= 0.3 is 0 Å². The summed E-state index contributed by atoms with van der Waals surface area (Å²) in [5.41, 5.74) is 8.39. The molecule has 1 aromatic heterocycles. The number of halogens is 1. The van der Waals surface area contributed by atoms with E-state index in [1.54, 1.807) is 0 Å². The molecular weight excluding hydrogens is 458 g/mol. The molecule has 1 aromatic carbocycles. The van der Waals surface area contributed by atoms with Crippen molar-refractivity contribution in [3.05, 3.63) is 47.0 Å². The normalized spacial score (nSPS) is 17.9. The maximum Gasteiger partial charge on any atom is 0.253 e. The number of nitrogens with two attached hydrogens (primary N) is 1. The third kappa shape index (κ3) is 7.34. The average molecular weight is 500 g/mol. The fourth-order valence-corrected chi connectivity index (χ4v) is 4.55. The first-order valence-corrected chi connectivity index (χ1v) is 13.4. The van der Waals surface area contributed by atoms with Gasteiger partial charge in [0.05, 0.1) is 17.1 Å². The van der Waals surface area contributed by atoms with Gasteiger partial charge in [-0.1, -0.05) is 58.4 Å². The van der Waals surface area contributed by atoms with Gasteiger partial charge in [0.25, 0.3) is 5.91 Å². The van der Waals surface area contributed by atoms with Crippen LogP contribution in [0.4, 0.5) is 5.95 Å². The molecule has 0 fully saturated rings. The average Bonchev–Trinajstić information content (AvgIpc) is 3.14. The van der Waals surface area contributed by atoms with Crippen LogP contribution in [0, 0.1) is 17.8 Å². The molecule has 2 aromatic rings. The topological polar surface area (TPSA) is 76.2 Å². The number of aromatic nitrogens is 2. The van der Waals surface area contributed by atoms with Gasteiger partial charge in [0.15, 0.2) is 0 Å². The Balaban J connectivity index is 1.91. The van der Waals surface area contributed by atoms with Crippen molar-refractivity contribution in [1.29, 1.82) is 0 Å². The molecule has 3 rings (SSSR count). The van der Waals surface area contributed by atoms with E-state index in [4.69, 9.17) is 22.3 Å². The molecule has 192 valence electrons. The predicted octanol–water partition coefficient (Wildman–Crippen LogP) is 6.03. The highest BCUT2D eigenvalue weighted by Gasteiger charge is 2.22. The van der Waals surface area contributed by atoms with Crippen LogP contribution in [0.2, 0.25) is 0 Å². The smallest absolute Gasteiger partial charge is 0.253 e. The summed E-state index contributed by atoms with van der Waals surface area (Å²) in [6.07, 6.45) is 8.88. The van der Waals surface area contributed by atoms with E-state index in [0.29, 0.717) is 23.9 Å². The monoisotopic (exact) mass is 499 g/mol. The molecule has 1 amide bonds. The number of anilines is 1. The predicted molar refractivity (Wildman–Crippen MR) is 148 cm³/mol. The molecule has 3 N–H and O–H groups in total. The lowest BCUT2D eigenvalue weighted by Gasteiger charge is -2.25. The number of imidazole rings is 1. The summed E-state index contributed by atoms with van der Waals surface area (Å²) >= 11 is 6.17. The van der Waals surface area contributed by atoms with Crippen molar-refractivity contribution < 1.29 is 4.79 Å². The second-order valence-electron chi connectivity index (χ2n) is 10.5. The lowest BCUT2D eigenvalue weighted by molar-refractivity contribution is 0.0741.